The molecule has 10 nitrogen and oxygen atoms in total. The normalized spacial score (nSPS) is 15.4. The Bertz CT molecular complexity index is 1400. The van der Waals surface area contributed by atoms with Crippen LogP contribution in [0.3, 0.4) is 0 Å². The van der Waals surface area contributed by atoms with Gasteiger partial charge in [-0.1, -0.05) is 12.1 Å². The van der Waals surface area contributed by atoms with Gasteiger partial charge in [0.1, 0.15) is 28.8 Å². The summed E-state index contributed by atoms with van der Waals surface area (Å²) in [5.41, 5.74) is 1.15. The molecule has 1 aliphatic rings. The smallest absolute Gasteiger partial charge is 0.410 e. The van der Waals surface area contributed by atoms with Gasteiger partial charge in [-0.25, -0.2) is 23.9 Å². The van der Waals surface area contributed by atoms with Crippen molar-refractivity contribution in [3.8, 4) is 11.3 Å². The molecule has 0 bridgehead atoms. The van der Waals surface area contributed by atoms with E-state index in [1.165, 1.54) is 6.07 Å². The number of hydrogen-bond acceptors (Lipinski definition) is 7. The van der Waals surface area contributed by atoms with Crippen molar-refractivity contribution in [3.05, 3.63) is 65.0 Å². The van der Waals surface area contributed by atoms with Crippen LogP contribution in [0.1, 0.15) is 85.2 Å². The predicted octanol–water partition coefficient (Wildman–Crippen LogP) is 5.81. The zero-order valence-electron chi connectivity index (χ0n) is 23.3. The van der Waals surface area contributed by atoms with Crippen molar-refractivity contribution in [2.24, 2.45) is 0 Å². The van der Waals surface area contributed by atoms with Crippen molar-refractivity contribution in [1.82, 2.24) is 19.9 Å². The van der Waals surface area contributed by atoms with E-state index >= 15 is 0 Å². The van der Waals surface area contributed by atoms with Crippen molar-refractivity contribution < 1.29 is 28.2 Å². The number of esters is 1. The SMILES string of the molecule is CCOC(=O)c1[nH]c([C@@H]2CCCCN2C(=O)OC(C)(C)C)nc1-c1ccc(C(=O)Nc2cc(C)c(F)cn2)cc1. The number of amides is 2. The summed E-state index contributed by atoms with van der Waals surface area (Å²) in [7, 11) is 0. The lowest BCUT2D eigenvalue weighted by atomic mass is 10.0. The van der Waals surface area contributed by atoms with Crippen LogP contribution in [-0.2, 0) is 9.47 Å². The number of H-pyrrole nitrogens is 1. The van der Waals surface area contributed by atoms with Gasteiger partial charge in [-0.15, -0.1) is 0 Å². The number of nitrogens with one attached hydrogen (secondary N) is 2. The molecule has 1 fully saturated rings. The third-order valence-electron chi connectivity index (χ3n) is 6.36. The Morgan fingerprint density at radius 3 is 2.55 bits per heavy atom. The number of imidazole rings is 1. The van der Waals surface area contributed by atoms with E-state index in [2.05, 4.69) is 15.3 Å². The Balaban J connectivity index is 1.62. The second-order valence-electron chi connectivity index (χ2n) is 10.6. The molecule has 4 rings (SSSR count). The van der Waals surface area contributed by atoms with E-state index in [-0.39, 0.29) is 18.1 Å². The van der Waals surface area contributed by atoms with Crippen molar-refractivity contribution in [1.29, 1.82) is 0 Å². The lowest BCUT2D eigenvalue weighted by Gasteiger charge is -2.35. The molecule has 212 valence electrons. The van der Waals surface area contributed by atoms with Gasteiger partial charge in [0.05, 0.1) is 18.8 Å². The Hall–Kier alpha value is -4.28. The van der Waals surface area contributed by atoms with Gasteiger partial charge < -0.3 is 19.8 Å². The molecule has 1 aliphatic heterocycles. The average molecular weight is 552 g/mol. The fraction of sp³-hybridized carbons (Fsp3) is 0.414. The molecular formula is C29H34FN5O5. The minimum absolute atomic E-state index is 0.162. The fourth-order valence-corrected chi connectivity index (χ4v) is 4.44. The molecule has 1 atom stereocenters. The van der Waals surface area contributed by atoms with E-state index in [1.807, 2.05) is 20.8 Å². The molecule has 0 unspecified atom stereocenters. The molecular weight excluding hydrogens is 517 g/mol. The number of likely N-dealkylation sites (tertiary alicyclic amines) is 1. The summed E-state index contributed by atoms with van der Waals surface area (Å²) in [6.45, 7) is 9.43. The number of aryl methyl sites for hydroxylation is 1. The lowest BCUT2D eigenvalue weighted by Crippen LogP contribution is -2.42. The van der Waals surface area contributed by atoms with Gasteiger partial charge in [0.25, 0.3) is 5.91 Å². The van der Waals surface area contributed by atoms with E-state index in [0.29, 0.717) is 41.2 Å². The Morgan fingerprint density at radius 1 is 1.18 bits per heavy atom. The van der Waals surface area contributed by atoms with E-state index in [1.54, 1.807) is 43.0 Å². The molecule has 2 aromatic heterocycles. The summed E-state index contributed by atoms with van der Waals surface area (Å²) in [6, 6.07) is 7.59. The first-order valence-corrected chi connectivity index (χ1v) is 13.3. The summed E-state index contributed by atoms with van der Waals surface area (Å²) in [5, 5.41) is 2.65. The fourth-order valence-electron chi connectivity index (χ4n) is 4.44. The van der Waals surface area contributed by atoms with Gasteiger partial charge in [0.2, 0.25) is 0 Å². The first-order valence-electron chi connectivity index (χ1n) is 13.3. The second kappa shape index (κ2) is 11.8. The molecule has 11 heteroatoms. The highest BCUT2D eigenvalue weighted by Gasteiger charge is 2.34. The number of pyridine rings is 1. The number of halogens is 1. The maximum absolute atomic E-state index is 13.5. The van der Waals surface area contributed by atoms with E-state index in [4.69, 9.17) is 14.5 Å². The van der Waals surface area contributed by atoms with Crippen LogP contribution in [-0.4, -0.2) is 56.6 Å². The van der Waals surface area contributed by atoms with Crippen LogP contribution in [0.4, 0.5) is 15.0 Å². The molecule has 0 saturated carbocycles. The van der Waals surface area contributed by atoms with Crippen molar-refractivity contribution >= 4 is 23.8 Å². The highest BCUT2D eigenvalue weighted by Crippen LogP contribution is 2.33. The lowest BCUT2D eigenvalue weighted by molar-refractivity contribution is 0.00853. The largest absolute Gasteiger partial charge is 0.461 e. The highest BCUT2D eigenvalue weighted by atomic mass is 19.1. The molecule has 0 radical (unpaired) electrons. The number of benzene rings is 1. The van der Waals surface area contributed by atoms with Gasteiger partial charge >= 0.3 is 12.1 Å². The first-order chi connectivity index (χ1) is 19.0. The molecule has 40 heavy (non-hydrogen) atoms. The zero-order valence-corrected chi connectivity index (χ0v) is 23.3. The Labute approximate surface area is 232 Å². The quantitative estimate of drug-likeness (QED) is 0.370. The summed E-state index contributed by atoms with van der Waals surface area (Å²) in [6.07, 6.45) is 3.00. The zero-order chi connectivity index (χ0) is 29.0. The second-order valence-corrected chi connectivity index (χ2v) is 10.6. The molecule has 1 saturated heterocycles. The first kappa shape index (κ1) is 28.7. The number of anilines is 1. The van der Waals surface area contributed by atoms with E-state index in [0.717, 1.165) is 19.0 Å². The monoisotopic (exact) mass is 551 g/mol. The number of ether oxygens (including phenoxy) is 2. The minimum Gasteiger partial charge on any atom is -0.461 e. The van der Waals surface area contributed by atoms with Crippen LogP contribution < -0.4 is 5.32 Å². The maximum Gasteiger partial charge on any atom is 0.410 e. The van der Waals surface area contributed by atoms with Crippen molar-refractivity contribution in [3.63, 3.8) is 0 Å². The number of hydrogen-bond donors (Lipinski definition) is 2. The van der Waals surface area contributed by atoms with Gasteiger partial charge in [-0.3, -0.25) is 9.69 Å². The molecule has 0 aliphatic carbocycles. The minimum atomic E-state index is -0.650. The number of rotatable bonds is 6. The summed E-state index contributed by atoms with van der Waals surface area (Å²) in [4.78, 5) is 52.0. The van der Waals surface area contributed by atoms with Gasteiger partial charge in [0.15, 0.2) is 5.69 Å². The van der Waals surface area contributed by atoms with Crippen LogP contribution >= 0.6 is 0 Å². The molecule has 3 aromatic rings. The molecule has 0 spiro atoms. The van der Waals surface area contributed by atoms with Crippen molar-refractivity contribution in [2.45, 2.75) is 65.5 Å². The van der Waals surface area contributed by atoms with Crippen molar-refractivity contribution in [2.75, 3.05) is 18.5 Å². The van der Waals surface area contributed by atoms with Crippen LogP contribution in [0.15, 0.2) is 36.5 Å². The van der Waals surface area contributed by atoms with Gasteiger partial charge in [-0.2, -0.15) is 0 Å². The number of aromatic amines is 1. The third-order valence-corrected chi connectivity index (χ3v) is 6.36. The van der Waals surface area contributed by atoms with Gasteiger partial charge in [0, 0.05) is 17.7 Å². The Morgan fingerprint density at radius 2 is 1.90 bits per heavy atom. The number of carbonyl (C=O) groups excluding carboxylic acids is 3. The number of aromatic nitrogens is 3. The van der Waals surface area contributed by atoms with E-state index < -0.39 is 35.4 Å². The predicted molar refractivity (Wildman–Crippen MR) is 146 cm³/mol. The molecule has 3 heterocycles. The summed E-state index contributed by atoms with van der Waals surface area (Å²) >= 11 is 0. The number of nitrogens with zero attached hydrogens (tertiary/aromatic N) is 3. The Kier molecular flexibility index (Phi) is 8.51. The van der Waals surface area contributed by atoms with Crippen LogP contribution in [0.2, 0.25) is 0 Å². The molecule has 2 N–H and O–H groups in total. The van der Waals surface area contributed by atoms with Crippen LogP contribution in [0.25, 0.3) is 11.3 Å². The van der Waals surface area contributed by atoms with Crippen LogP contribution in [0, 0.1) is 12.7 Å². The highest BCUT2D eigenvalue weighted by molar-refractivity contribution is 6.04. The maximum atomic E-state index is 13.5. The average Bonchev–Trinajstić information content (AvgIpc) is 3.36. The molecule has 1 aromatic carbocycles. The third kappa shape index (κ3) is 6.64. The number of piperidine rings is 1. The van der Waals surface area contributed by atoms with E-state index in [9.17, 15) is 18.8 Å². The molecule has 2 amide bonds. The van der Waals surface area contributed by atoms with Gasteiger partial charge in [-0.05, 0) is 77.6 Å². The standard InChI is InChI=1S/C29H34FN5O5/c1-6-39-27(37)24-23(33-25(34-24)21-9-7-8-14-35(21)28(38)40-29(3,4)5)18-10-12-19(13-11-18)26(36)32-22-15-17(2)20(30)16-31-22/h10-13,15-16,21H,6-9,14H2,1-5H3,(H,33,34)(H,31,32,36)/t21-/m0/s1. The number of carbonyl (C=O) groups is 3. The summed E-state index contributed by atoms with van der Waals surface area (Å²) in [5.74, 6) is -0.760. The van der Waals surface area contributed by atoms with Crippen LogP contribution in [0.5, 0.6) is 0 Å². The topological polar surface area (TPSA) is 127 Å². The summed E-state index contributed by atoms with van der Waals surface area (Å²) < 4.78 is 24.4.